The van der Waals surface area contributed by atoms with Gasteiger partial charge in [-0.1, -0.05) is 25.1 Å². The molecular weight excluding hydrogens is 252 g/mol. The summed E-state index contributed by atoms with van der Waals surface area (Å²) in [6.45, 7) is 5.40. The summed E-state index contributed by atoms with van der Waals surface area (Å²) in [5.74, 6) is 0.847. The first-order valence-corrected chi connectivity index (χ1v) is 7.38. The van der Waals surface area contributed by atoms with Crippen molar-refractivity contribution in [1.29, 1.82) is 0 Å². The Morgan fingerprint density at radius 1 is 1.50 bits per heavy atom. The maximum atomic E-state index is 12.5. The monoisotopic (exact) mass is 276 g/mol. The SMILES string of the molecule is CCC(Oc1ccccc1C)C(=O)N1CCCC(N)C1. The molecule has 1 aliphatic rings. The van der Waals surface area contributed by atoms with Crippen molar-refractivity contribution in [3.63, 3.8) is 0 Å². The summed E-state index contributed by atoms with van der Waals surface area (Å²) < 4.78 is 5.91. The summed E-state index contributed by atoms with van der Waals surface area (Å²) in [5.41, 5.74) is 7.00. The van der Waals surface area contributed by atoms with Gasteiger partial charge in [-0.15, -0.1) is 0 Å². The van der Waals surface area contributed by atoms with Gasteiger partial charge in [0.05, 0.1) is 0 Å². The van der Waals surface area contributed by atoms with E-state index in [0.29, 0.717) is 13.0 Å². The van der Waals surface area contributed by atoms with Gasteiger partial charge in [0.25, 0.3) is 5.91 Å². The van der Waals surface area contributed by atoms with Crippen LogP contribution in [0.4, 0.5) is 0 Å². The van der Waals surface area contributed by atoms with Gasteiger partial charge in [0.1, 0.15) is 5.75 Å². The van der Waals surface area contributed by atoms with Crippen molar-refractivity contribution >= 4 is 5.91 Å². The summed E-state index contributed by atoms with van der Waals surface area (Å²) in [5, 5.41) is 0. The van der Waals surface area contributed by atoms with Gasteiger partial charge in [-0.3, -0.25) is 4.79 Å². The summed E-state index contributed by atoms with van der Waals surface area (Å²) in [6, 6.07) is 7.89. The molecule has 0 radical (unpaired) electrons. The van der Waals surface area contributed by atoms with Crippen LogP contribution in [-0.2, 0) is 4.79 Å². The van der Waals surface area contributed by atoms with Crippen LogP contribution in [0.5, 0.6) is 5.75 Å². The summed E-state index contributed by atoms with van der Waals surface area (Å²) >= 11 is 0. The zero-order chi connectivity index (χ0) is 14.5. The molecule has 1 amide bonds. The topological polar surface area (TPSA) is 55.6 Å². The van der Waals surface area contributed by atoms with E-state index in [1.165, 1.54) is 0 Å². The van der Waals surface area contributed by atoms with Gasteiger partial charge in [0, 0.05) is 19.1 Å². The van der Waals surface area contributed by atoms with E-state index in [2.05, 4.69) is 0 Å². The van der Waals surface area contributed by atoms with Crippen LogP contribution in [0.1, 0.15) is 31.7 Å². The van der Waals surface area contributed by atoms with Crippen molar-refractivity contribution in [2.45, 2.75) is 45.3 Å². The van der Waals surface area contributed by atoms with Crippen LogP contribution in [0.15, 0.2) is 24.3 Å². The van der Waals surface area contributed by atoms with Crippen LogP contribution in [0.3, 0.4) is 0 Å². The molecule has 2 rings (SSSR count). The minimum Gasteiger partial charge on any atom is -0.480 e. The Labute approximate surface area is 120 Å². The number of hydrogen-bond acceptors (Lipinski definition) is 3. The Morgan fingerprint density at radius 2 is 2.25 bits per heavy atom. The Hall–Kier alpha value is -1.55. The molecule has 20 heavy (non-hydrogen) atoms. The Balaban J connectivity index is 2.04. The van der Waals surface area contributed by atoms with Crippen LogP contribution in [0, 0.1) is 6.92 Å². The standard InChI is InChI=1S/C16H24N2O2/c1-3-14(20-15-9-5-4-7-12(15)2)16(19)18-10-6-8-13(17)11-18/h4-5,7,9,13-14H,3,6,8,10-11,17H2,1-2H3. The van der Waals surface area contributed by atoms with Gasteiger partial charge >= 0.3 is 0 Å². The van der Waals surface area contributed by atoms with E-state index < -0.39 is 6.10 Å². The van der Waals surface area contributed by atoms with E-state index in [1.807, 2.05) is 43.0 Å². The second-order valence-electron chi connectivity index (χ2n) is 5.47. The highest BCUT2D eigenvalue weighted by molar-refractivity contribution is 5.81. The molecule has 1 heterocycles. The molecule has 1 aromatic rings. The Morgan fingerprint density at radius 3 is 2.90 bits per heavy atom. The predicted octanol–water partition coefficient (Wildman–Crippen LogP) is 2.10. The summed E-state index contributed by atoms with van der Waals surface area (Å²) in [6.07, 6.45) is 2.23. The fraction of sp³-hybridized carbons (Fsp3) is 0.562. The van der Waals surface area contributed by atoms with Crippen LogP contribution in [0.25, 0.3) is 0 Å². The van der Waals surface area contributed by atoms with Gasteiger partial charge in [-0.05, 0) is 37.8 Å². The number of rotatable bonds is 4. The van der Waals surface area contributed by atoms with E-state index in [1.54, 1.807) is 0 Å². The third-order valence-corrected chi connectivity index (χ3v) is 3.78. The molecule has 4 nitrogen and oxygen atoms in total. The number of carbonyl (C=O) groups excluding carboxylic acids is 1. The number of ether oxygens (including phenoxy) is 1. The molecule has 1 saturated heterocycles. The number of aryl methyl sites for hydroxylation is 1. The van der Waals surface area contributed by atoms with Crippen molar-refractivity contribution < 1.29 is 9.53 Å². The third kappa shape index (κ3) is 3.51. The molecule has 1 aliphatic heterocycles. The largest absolute Gasteiger partial charge is 0.480 e. The average Bonchev–Trinajstić information content (AvgIpc) is 2.46. The van der Waals surface area contributed by atoms with Crippen molar-refractivity contribution in [2.75, 3.05) is 13.1 Å². The van der Waals surface area contributed by atoms with Gasteiger partial charge in [0.15, 0.2) is 6.10 Å². The van der Waals surface area contributed by atoms with Crippen LogP contribution in [-0.4, -0.2) is 36.0 Å². The smallest absolute Gasteiger partial charge is 0.263 e. The Kier molecular flexibility index (Phi) is 5.01. The van der Waals surface area contributed by atoms with Crippen molar-refractivity contribution in [1.82, 2.24) is 4.90 Å². The number of amides is 1. The van der Waals surface area contributed by atoms with Crippen molar-refractivity contribution in [2.24, 2.45) is 5.73 Å². The summed E-state index contributed by atoms with van der Waals surface area (Å²) in [7, 11) is 0. The first kappa shape index (κ1) is 14.9. The molecule has 0 aromatic heterocycles. The molecule has 1 fully saturated rings. The zero-order valence-corrected chi connectivity index (χ0v) is 12.3. The lowest BCUT2D eigenvalue weighted by Crippen LogP contribution is -2.50. The zero-order valence-electron chi connectivity index (χ0n) is 12.3. The number of para-hydroxylation sites is 1. The van der Waals surface area contributed by atoms with E-state index in [9.17, 15) is 4.79 Å². The van der Waals surface area contributed by atoms with E-state index in [0.717, 1.165) is 30.7 Å². The van der Waals surface area contributed by atoms with Crippen LogP contribution >= 0.6 is 0 Å². The second kappa shape index (κ2) is 6.75. The average molecular weight is 276 g/mol. The quantitative estimate of drug-likeness (QED) is 0.916. The lowest BCUT2D eigenvalue weighted by molar-refractivity contribution is -0.140. The molecule has 2 atom stereocenters. The van der Waals surface area contributed by atoms with Crippen molar-refractivity contribution in [3.05, 3.63) is 29.8 Å². The first-order valence-electron chi connectivity index (χ1n) is 7.38. The lowest BCUT2D eigenvalue weighted by atomic mass is 10.1. The molecule has 2 N–H and O–H groups in total. The molecule has 0 aliphatic carbocycles. The molecule has 0 spiro atoms. The normalized spacial score (nSPS) is 20.6. The number of likely N-dealkylation sites (tertiary alicyclic amines) is 1. The van der Waals surface area contributed by atoms with E-state index >= 15 is 0 Å². The molecule has 0 saturated carbocycles. The number of piperidine rings is 1. The van der Waals surface area contributed by atoms with Gasteiger partial charge in [0.2, 0.25) is 0 Å². The maximum absolute atomic E-state index is 12.5. The highest BCUT2D eigenvalue weighted by atomic mass is 16.5. The first-order chi connectivity index (χ1) is 9.61. The fourth-order valence-corrected chi connectivity index (χ4v) is 2.56. The molecule has 2 unspecified atom stereocenters. The molecule has 1 aromatic carbocycles. The minimum atomic E-state index is -0.415. The molecule has 0 bridgehead atoms. The number of nitrogens with two attached hydrogens (primary N) is 1. The Bertz CT molecular complexity index is 462. The second-order valence-corrected chi connectivity index (χ2v) is 5.47. The van der Waals surface area contributed by atoms with Crippen LogP contribution < -0.4 is 10.5 Å². The van der Waals surface area contributed by atoms with Gasteiger partial charge in [-0.25, -0.2) is 0 Å². The number of hydrogen-bond donors (Lipinski definition) is 1. The van der Waals surface area contributed by atoms with E-state index in [-0.39, 0.29) is 11.9 Å². The molecule has 110 valence electrons. The van der Waals surface area contributed by atoms with Gasteiger partial charge in [-0.2, -0.15) is 0 Å². The van der Waals surface area contributed by atoms with Crippen molar-refractivity contribution in [3.8, 4) is 5.75 Å². The number of nitrogens with zero attached hydrogens (tertiary/aromatic N) is 1. The minimum absolute atomic E-state index is 0.0610. The maximum Gasteiger partial charge on any atom is 0.263 e. The van der Waals surface area contributed by atoms with Gasteiger partial charge < -0.3 is 15.4 Å². The van der Waals surface area contributed by atoms with E-state index in [4.69, 9.17) is 10.5 Å². The predicted molar refractivity (Wildman–Crippen MR) is 79.7 cm³/mol. The van der Waals surface area contributed by atoms with Crippen LogP contribution in [0.2, 0.25) is 0 Å². The number of carbonyl (C=O) groups is 1. The highest BCUT2D eigenvalue weighted by Gasteiger charge is 2.28. The fourth-order valence-electron chi connectivity index (χ4n) is 2.56. The molecule has 4 heteroatoms. The third-order valence-electron chi connectivity index (χ3n) is 3.78. The molecular formula is C16H24N2O2. The summed E-state index contributed by atoms with van der Waals surface area (Å²) in [4.78, 5) is 14.4. The highest BCUT2D eigenvalue weighted by Crippen LogP contribution is 2.20. The number of benzene rings is 1. The lowest BCUT2D eigenvalue weighted by Gasteiger charge is -2.33.